The molecule has 4 atom stereocenters. The van der Waals surface area contributed by atoms with Crippen LogP contribution in [0.15, 0.2) is 0 Å². The molecule has 0 aromatic carbocycles. The molecule has 0 bridgehead atoms. The van der Waals surface area contributed by atoms with Crippen molar-refractivity contribution in [3.8, 4) is 0 Å². The van der Waals surface area contributed by atoms with Crippen molar-refractivity contribution in [1.82, 2.24) is 4.90 Å². The molecule has 3 fully saturated rings. The zero-order valence-corrected chi connectivity index (χ0v) is 8.71. The van der Waals surface area contributed by atoms with Crippen LogP contribution in [0.3, 0.4) is 0 Å². The van der Waals surface area contributed by atoms with Gasteiger partial charge < -0.3 is 4.90 Å². The topological polar surface area (TPSA) is 3.24 Å². The van der Waals surface area contributed by atoms with Crippen LogP contribution in [0.2, 0.25) is 0 Å². The second kappa shape index (κ2) is 2.98. The normalized spacial score (nSPS) is 49.6. The van der Waals surface area contributed by atoms with Crippen molar-refractivity contribution in [1.29, 1.82) is 0 Å². The highest BCUT2D eigenvalue weighted by Gasteiger charge is 2.40. The van der Waals surface area contributed by atoms with E-state index in [1.165, 1.54) is 45.3 Å². The number of hydrogen-bond donors (Lipinski definition) is 0. The van der Waals surface area contributed by atoms with E-state index in [0.29, 0.717) is 0 Å². The molecule has 0 amide bonds. The molecule has 74 valence electrons. The number of fused-ring (bicyclic) bond motifs is 1. The van der Waals surface area contributed by atoms with Gasteiger partial charge in [0, 0.05) is 19.6 Å². The van der Waals surface area contributed by atoms with Crippen LogP contribution in [-0.2, 0) is 0 Å². The van der Waals surface area contributed by atoms with Crippen molar-refractivity contribution < 1.29 is 0 Å². The van der Waals surface area contributed by atoms with Crippen LogP contribution in [0.4, 0.5) is 0 Å². The van der Waals surface area contributed by atoms with Gasteiger partial charge in [-0.3, -0.25) is 0 Å². The van der Waals surface area contributed by atoms with Gasteiger partial charge in [-0.05, 0) is 42.9 Å². The van der Waals surface area contributed by atoms with Gasteiger partial charge >= 0.3 is 0 Å². The maximum atomic E-state index is 2.75. The molecule has 3 aliphatic rings. The van der Waals surface area contributed by atoms with Gasteiger partial charge in [0.1, 0.15) is 0 Å². The smallest absolute Gasteiger partial charge is 0.00130 e. The molecule has 0 aromatic rings. The zero-order valence-electron chi connectivity index (χ0n) is 8.71. The minimum absolute atomic E-state index is 1.04. The molecule has 3 rings (SSSR count). The fourth-order valence-electron chi connectivity index (χ4n) is 3.47. The first-order valence-electron chi connectivity index (χ1n) is 6.05. The summed E-state index contributed by atoms with van der Waals surface area (Å²) in [6.45, 7) is 6.71. The zero-order chi connectivity index (χ0) is 8.84. The summed E-state index contributed by atoms with van der Waals surface area (Å²) < 4.78 is 0. The Morgan fingerprint density at radius 3 is 2.31 bits per heavy atom. The third-order valence-corrected chi connectivity index (χ3v) is 4.57. The van der Waals surface area contributed by atoms with Crippen molar-refractivity contribution in [2.24, 2.45) is 23.7 Å². The lowest BCUT2D eigenvalue weighted by atomic mass is 10.0. The van der Waals surface area contributed by atoms with Crippen molar-refractivity contribution >= 4 is 0 Å². The van der Waals surface area contributed by atoms with Gasteiger partial charge in [0.15, 0.2) is 0 Å². The van der Waals surface area contributed by atoms with Crippen LogP contribution in [0.25, 0.3) is 0 Å². The first kappa shape index (κ1) is 8.28. The van der Waals surface area contributed by atoms with Crippen LogP contribution in [0, 0.1) is 23.7 Å². The van der Waals surface area contributed by atoms with E-state index in [1.54, 1.807) is 0 Å². The fraction of sp³-hybridized carbons (Fsp3) is 1.00. The standard InChI is InChI=1S/C12H21N/c1-9-5-12(9)8-13-6-10-3-2-4-11(10)7-13/h9-12H,2-8H2,1H3. The molecule has 2 saturated carbocycles. The number of rotatable bonds is 2. The summed E-state index contributed by atoms with van der Waals surface area (Å²) in [5.41, 5.74) is 0. The number of likely N-dealkylation sites (tertiary alicyclic amines) is 1. The quantitative estimate of drug-likeness (QED) is 0.629. The largest absolute Gasteiger partial charge is 0.302 e. The van der Waals surface area contributed by atoms with Gasteiger partial charge in [-0.25, -0.2) is 0 Å². The van der Waals surface area contributed by atoms with Crippen LogP contribution in [0.5, 0.6) is 0 Å². The summed E-state index contributed by atoms with van der Waals surface area (Å²) in [5.74, 6) is 4.29. The molecule has 4 unspecified atom stereocenters. The first-order valence-corrected chi connectivity index (χ1v) is 6.05. The molecule has 1 heterocycles. The molecular formula is C12H21N. The minimum Gasteiger partial charge on any atom is -0.302 e. The van der Waals surface area contributed by atoms with E-state index in [-0.39, 0.29) is 0 Å². The summed E-state index contributed by atoms with van der Waals surface area (Å²) >= 11 is 0. The lowest BCUT2D eigenvalue weighted by molar-refractivity contribution is 0.294. The molecule has 1 heteroatoms. The predicted octanol–water partition coefficient (Wildman–Crippen LogP) is 2.37. The Morgan fingerprint density at radius 2 is 1.77 bits per heavy atom. The summed E-state index contributed by atoms with van der Waals surface area (Å²) in [5, 5.41) is 0. The lowest BCUT2D eigenvalue weighted by Crippen LogP contribution is -2.24. The van der Waals surface area contributed by atoms with E-state index >= 15 is 0 Å². The monoisotopic (exact) mass is 179 g/mol. The van der Waals surface area contributed by atoms with Gasteiger partial charge in [0.2, 0.25) is 0 Å². The summed E-state index contributed by atoms with van der Waals surface area (Å²) in [7, 11) is 0. The van der Waals surface area contributed by atoms with E-state index in [0.717, 1.165) is 23.7 Å². The van der Waals surface area contributed by atoms with E-state index in [2.05, 4.69) is 11.8 Å². The number of hydrogen-bond acceptors (Lipinski definition) is 1. The Labute approximate surface area is 81.5 Å². The first-order chi connectivity index (χ1) is 6.33. The Morgan fingerprint density at radius 1 is 1.15 bits per heavy atom. The van der Waals surface area contributed by atoms with E-state index in [9.17, 15) is 0 Å². The van der Waals surface area contributed by atoms with Gasteiger partial charge in [0.05, 0.1) is 0 Å². The summed E-state index contributed by atoms with van der Waals surface area (Å²) in [6.07, 6.45) is 6.08. The maximum Gasteiger partial charge on any atom is 0.00130 e. The SMILES string of the molecule is CC1CC1CN1CC2CCCC2C1. The van der Waals surface area contributed by atoms with Crippen molar-refractivity contribution in [2.75, 3.05) is 19.6 Å². The Kier molecular flexibility index (Phi) is 1.90. The molecule has 2 aliphatic carbocycles. The third-order valence-electron chi connectivity index (χ3n) is 4.57. The van der Waals surface area contributed by atoms with Crippen molar-refractivity contribution in [3.05, 3.63) is 0 Å². The molecule has 0 aromatic heterocycles. The molecule has 0 radical (unpaired) electrons. The van der Waals surface area contributed by atoms with Crippen LogP contribution in [0.1, 0.15) is 32.6 Å². The summed E-state index contributed by atoms with van der Waals surface area (Å²) in [6, 6.07) is 0. The average Bonchev–Trinajstić information content (AvgIpc) is 2.49. The average molecular weight is 179 g/mol. The second-order valence-electron chi connectivity index (χ2n) is 5.64. The second-order valence-corrected chi connectivity index (χ2v) is 5.64. The van der Waals surface area contributed by atoms with Crippen molar-refractivity contribution in [2.45, 2.75) is 32.6 Å². The Balaban J connectivity index is 1.52. The number of nitrogens with zero attached hydrogens (tertiary/aromatic N) is 1. The van der Waals surface area contributed by atoms with Gasteiger partial charge in [-0.2, -0.15) is 0 Å². The molecule has 1 nitrogen and oxygen atoms in total. The van der Waals surface area contributed by atoms with E-state index in [1.807, 2.05) is 0 Å². The van der Waals surface area contributed by atoms with E-state index in [4.69, 9.17) is 0 Å². The van der Waals surface area contributed by atoms with Crippen LogP contribution in [-0.4, -0.2) is 24.5 Å². The molecule has 0 spiro atoms. The highest BCUT2D eigenvalue weighted by atomic mass is 15.2. The minimum atomic E-state index is 1.04. The molecule has 13 heavy (non-hydrogen) atoms. The highest BCUT2D eigenvalue weighted by molar-refractivity contribution is 4.92. The fourth-order valence-corrected chi connectivity index (χ4v) is 3.47. The highest BCUT2D eigenvalue weighted by Crippen LogP contribution is 2.42. The Hall–Kier alpha value is -0.0400. The summed E-state index contributed by atoms with van der Waals surface area (Å²) in [4.78, 5) is 2.75. The van der Waals surface area contributed by atoms with Crippen LogP contribution < -0.4 is 0 Å². The Bertz CT molecular complexity index is 187. The molecule has 1 saturated heterocycles. The van der Waals surface area contributed by atoms with Crippen LogP contribution >= 0.6 is 0 Å². The molecule has 1 aliphatic heterocycles. The van der Waals surface area contributed by atoms with Gasteiger partial charge in [-0.1, -0.05) is 13.3 Å². The maximum absolute atomic E-state index is 2.75. The predicted molar refractivity (Wildman–Crippen MR) is 54.5 cm³/mol. The van der Waals surface area contributed by atoms with E-state index < -0.39 is 0 Å². The van der Waals surface area contributed by atoms with Gasteiger partial charge in [0.25, 0.3) is 0 Å². The van der Waals surface area contributed by atoms with Crippen molar-refractivity contribution in [3.63, 3.8) is 0 Å². The molecular weight excluding hydrogens is 158 g/mol. The third kappa shape index (κ3) is 1.52. The van der Waals surface area contributed by atoms with Gasteiger partial charge in [-0.15, -0.1) is 0 Å². The lowest BCUT2D eigenvalue weighted by Gasteiger charge is -2.16. The molecule has 0 N–H and O–H groups in total.